The summed E-state index contributed by atoms with van der Waals surface area (Å²) in [6.45, 7) is 4.34. The van der Waals surface area contributed by atoms with Gasteiger partial charge in [-0.3, -0.25) is 9.48 Å². The molecule has 168 valence electrons. The molecule has 2 heterocycles. The van der Waals surface area contributed by atoms with Gasteiger partial charge >= 0.3 is 6.09 Å². The highest BCUT2D eigenvalue weighted by Gasteiger charge is 2.27. The van der Waals surface area contributed by atoms with Crippen molar-refractivity contribution in [3.63, 3.8) is 0 Å². The molecule has 0 spiro atoms. The molecule has 1 aliphatic heterocycles. The molecule has 1 N–H and O–H groups in total. The molecule has 2 aromatic carbocycles. The Kier molecular flexibility index (Phi) is 7.09. The van der Waals surface area contributed by atoms with E-state index in [-0.39, 0.29) is 12.5 Å². The van der Waals surface area contributed by atoms with E-state index in [1.54, 1.807) is 6.92 Å². The molecule has 1 fully saturated rings. The maximum Gasteiger partial charge on any atom is 0.407 e. The topological polar surface area (TPSA) is 76.5 Å². The van der Waals surface area contributed by atoms with Crippen LogP contribution in [-0.4, -0.2) is 46.3 Å². The van der Waals surface area contributed by atoms with Crippen molar-refractivity contribution in [2.75, 3.05) is 19.6 Å². The molecule has 1 aromatic heterocycles. The summed E-state index contributed by atoms with van der Waals surface area (Å²) in [5.74, 6) is 0.432. The third kappa shape index (κ3) is 5.12. The minimum absolute atomic E-state index is 0.130. The fourth-order valence-corrected chi connectivity index (χ4v) is 4.74. The Bertz CT molecular complexity index is 1090. The molecule has 32 heavy (non-hydrogen) atoms. The fraction of sp³-hybridized carbons (Fsp3) is 0.375. The van der Waals surface area contributed by atoms with Crippen LogP contribution >= 0.6 is 15.9 Å². The van der Waals surface area contributed by atoms with Crippen molar-refractivity contribution in [1.29, 1.82) is 0 Å². The third-order valence-corrected chi connectivity index (χ3v) is 6.55. The van der Waals surface area contributed by atoms with Crippen LogP contribution in [0.15, 0.2) is 53.0 Å². The van der Waals surface area contributed by atoms with Gasteiger partial charge in [0.2, 0.25) is 5.91 Å². The second kappa shape index (κ2) is 10.2. The molecular weight excluding hydrogens is 472 g/mol. The summed E-state index contributed by atoms with van der Waals surface area (Å²) < 4.78 is 8.25. The first-order valence-electron chi connectivity index (χ1n) is 10.9. The van der Waals surface area contributed by atoms with Crippen LogP contribution in [0.4, 0.5) is 4.79 Å². The summed E-state index contributed by atoms with van der Waals surface area (Å²) in [5, 5.41) is 8.85. The van der Waals surface area contributed by atoms with Crippen molar-refractivity contribution in [3.8, 4) is 0 Å². The standard InChI is InChI=1S/C24H27BrN4O3/c1-17(30)28-13-10-19(11-14-28)23-22-20(25)8-5-9-21(22)29(27-23)15-12-26-24(31)32-16-18-6-3-2-4-7-18/h2-9,19H,10-16H2,1H3,(H,26,31). The van der Waals surface area contributed by atoms with Crippen LogP contribution in [0.25, 0.3) is 10.9 Å². The molecule has 0 bridgehead atoms. The Morgan fingerprint density at radius 2 is 1.88 bits per heavy atom. The first-order chi connectivity index (χ1) is 15.5. The summed E-state index contributed by atoms with van der Waals surface area (Å²) in [7, 11) is 0. The molecule has 0 aliphatic carbocycles. The number of nitrogens with one attached hydrogen (secondary N) is 1. The number of piperidine rings is 1. The number of likely N-dealkylation sites (tertiary alicyclic amines) is 1. The van der Waals surface area contributed by atoms with Crippen molar-refractivity contribution in [3.05, 3.63) is 64.3 Å². The SMILES string of the molecule is CC(=O)N1CCC(c2nn(CCNC(=O)OCc3ccccc3)c3cccc(Br)c23)CC1. The van der Waals surface area contributed by atoms with Gasteiger partial charge in [0.1, 0.15) is 6.61 Å². The van der Waals surface area contributed by atoms with E-state index in [0.717, 1.165) is 52.6 Å². The molecule has 2 amide bonds. The highest BCUT2D eigenvalue weighted by molar-refractivity contribution is 9.10. The van der Waals surface area contributed by atoms with Gasteiger partial charge in [-0.25, -0.2) is 4.79 Å². The summed E-state index contributed by atoms with van der Waals surface area (Å²) in [5.41, 5.74) is 3.04. The first kappa shape index (κ1) is 22.3. The third-order valence-electron chi connectivity index (χ3n) is 5.89. The van der Waals surface area contributed by atoms with E-state index < -0.39 is 6.09 Å². The number of halogens is 1. The van der Waals surface area contributed by atoms with Gasteiger partial charge in [0.05, 0.1) is 17.8 Å². The largest absolute Gasteiger partial charge is 0.445 e. The molecule has 1 saturated heterocycles. The molecule has 0 unspecified atom stereocenters. The first-order valence-corrected chi connectivity index (χ1v) is 11.7. The molecule has 7 nitrogen and oxygen atoms in total. The normalized spacial score (nSPS) is 14.5. The van der Waals surface area contributed by atoms with Crippen LogP contribution in [0.3, 0.4) is 0 Å². The van der Waals surface area contributed by atoms with Gasteiger partial charge in [-0.15, -0.1) is 0 Å². The molecular formula is C24H27BrN4O3. The number of carbonyl (C=O) groups excluding carboxylic acids is 2. The van der Waals surface area contributed by atoms with E-state index in [9.17, 15) is 9.59 Å². The van der Waals surface area contributed by atoms with Crippen molar-refractivity contribution in [1.82, 2.24) is 20.0 Å². The quantitative estimate of drug-likeness (QED) is 0.544. The zero-order valence-electron chi connectivity index (χ0n) is 18.1. The number of rotatable bonds is 6. The van der Waals surface area contributed by atoms with Gasteiger partial charge in [-0.1, -0.05) is 52.3 Å². The lowest BCUT2D eigenvalue weighted by atomic mass is 9.91. The van der Waals surface area contributed by atoms with Crippen LogP contribution in [0.5, 0.6) is 0 Å². The van der Waals surface area contributed by atoms with Crippen molar-refractivity contribution in [2.24, 2.45) is 0 Å². The van der Waals surface area contributed by atoms with Crippen LogP contribution in [0, 0.1) is 0 Å². The van der Waals surface area contributed by atoms with Gasteiger partial charge in [0.25, 0.3) is 0 Å². The number of hydrogen-bond donors (Lipinski definition) is 1. The van der Waals surface area contributed by atoms with Gasteiger partial charge in [0.15, 0.2) is 0 Å². The van der Waals surface area contributed by atoms with Crippen molar-refractivity contribution < 1.29 is 14.3 Å². The minimum Gasteiger partial charge on any atom is -0.445 e. The number of alkyl carbamates (subject to hydrolysis) is 1. The number of aromatic nitrogens is 2. The zero-order valence-corrected chi connectivity index (χ0v) is 19.7. The molecule has 3 aromatic rings. The molecule has 1 aliphatic rings. The minimum atomic E-state index is -0.441. The van der Waals surface area contributed by atoms with E-state index in [0.29, 0.717) is 19.0 Å². The highest BCUT2D eigenvalue weighted by Crippen LogP contribution is 2.36. The maximum absolute atomic E-state index is 12.1. The van der Waals surface area contributed by atoms with E-state index >= 15 is 0 Å². The van der Waals surface area contributed by atoms with Crippen molar-refractivity contribution in [2.45, 2.75) is 38.8 Å². The maximum atomic E-state index is 12.1. The monoisotopic (exact) mass is 498 g/mol. The second-order valence-corrected chi connectivity index (χ2v) is 8.87. The van der Waals surface area contributed by atoms with E-state index in [1.165, 1.54) is 0 Å². The highest BCUT2D eigenvalue weighted by atomic mass is 79.9. The number of carbonyl (C=O) groups is 2. The average Bonchev–Trinajstić information content (AvgIpc) is 3.18. The number of benzene rings is 2. The zero-order chi connectivity index (χ0) is 22.5. The van der Waals surface area contributed by atoms with Crippen LogP contribution < -0.4 is 5.32 Å². The molecule has 0 saturated carbocycles. The fourth-order valence-electron chi connectivity index (χ4n) is 4.18. The van der Waals surface area contributed by atoms with E-state index in [4.69, 9.17) is 9.84 Å². The summed E-state index contributed by atoms with van der Waals surface area (Å²) in [6, 6.07) is 15.7. The number of ether oxygens (including phenoxy) is 1. The predicted octanol–water partition coefficient (Wildman–Crippen LogP) is 4.45. The van der Waals surface area contributed by atoms with Gasteiger partial charge in [-0.05, 0) is 30.5 Å². The Morgan fingerprint density at radius 1 is 1.12 bits per heavy atom. The van der Waals surface area contributed by atoms with Crippen LogP contribution in [0.1, 0.15) is 36.9 Å². The lowest BCUT2D eigenvalue weighted by Crippen LogP contribution is -2.36. The lowest BCUT2D eigenvalue weighted by molar-refractivity contribution is -0.129. The van der Waals surface area contributed by atoms with Gasteiger partial charge in [-0.2, -0.15) is 5.10 Å². The summed E-state index contributed by atoms with van der Waals surface area (Å²) >= 11 is 3.69. The van der Waals surface area contributed by atoms with Crippen molar-refractivity contribution >= 4 is 38.8 Å². The predicted molar refractivity (Wildman–Crippen MR) is 126 cm³/mol. The van der Waals surface area contributed by atoms with Crippen LogP contribution in [-0.2, 0) is 22.7 Å². The van der Waals surface area contributed by atoms with E-state index in [2.05, 4.69) is 27.3 Å². The van der Waals surface area contributed by atoms with Crippen LogP contribution in [0.2, 0.25) is 0 Å². The number of fused-ring (bicyclic) bond motifs is 1. The number of hydrogen-bond acceptors (Lipinski definition) is 4. The Labute approximate surface area is 195 Å². The van der Waals surface area contributed by atoms with Gasteiger partial charge < -0.3 is 15.0 Å². The molecule has 4 rings (SSSR count). The molecule has 8 heteroatoms. The number of amides is 2. The summed E-state index contributed by atoms with van der Waals surface area (Å²) in [4.78, 5) is 25.6. The Balaban J connectivity index is 1.40. The van der Waals surface area contributed by atoms with E-state index in [1.807, 2.05) is 52.0 Å². The molecule has 0 radical (unpaired) electrons. The van der Waals surface area contributed by atoms with Gasteiger partial charge in [0, 0.05) is 42.3 Å². The Morgan fingerprint density at radius 3 is 2.59 bits per heavy atom. The second-order valence-electron chi connectivity index (χ2n) is 8.01. The average molecular weight is 499 g/mol. The smallest absolute Gasteiger partial charge is 0.407 e. The lowest BCUT2D eigenvalue weighted by Gasteiger charge is -2.30. The Hall–Kier alpha value is -2.87. The summed E-state index contributed by atoms with van der Waals surface area (Å²) in [6.07, 6.45) is 1.36. The molecule has 0 atom stereocenters. The number of nitrogens with zero attached hydrogens (tertiary/aromatic N) is 3.